The number of hydrogen-bond donors (Lipinski definition) is 5. The number of aryl methyl sites for hydroxylation is 1. The van der Waals surface area contributed by atoms with Crippen molar-refractivity contribution in [3.63, 3.8) is 0 Å². The first-order valence-corrected chi connectivity index (χ1v) is 34.4. The van der Waals surface area contributed by atoms with E-state index in [0.717, 1.165) is 50.6 Å². The van der Waals surface area contributed by atoms with Gasteiger partial charge in [0, 0.05) is 45.5 Å². The maximum Gasteiger partial charge on any atom is 0.240 e. The first kappa shape index (κ1) is 91.7. The van der Waals surface area contributed by atoms with Crippen LogP contribution in [0, 0.1) is 30.9 Å². The molecule has 552 valence electrons. The van der Waals surface area contributed by atoms with Crippen LogP contribution in [0.5, 0.6) is 5.75 Å². The Morgan fingerprint density at radius 2 is 1.10 bits per heavy atom. The molecule has 8 rings (SSSR count). The summed E-state index contributed by atoms with van der Waals surface area (Å²) in [5, 5.41) is 16.4. The highest BCUT2D eigenvalue weighted by atomic mass is 32.2. The van der Waals surface area contributed by atoms with E-state index in [0.29, 0.717) is 73.2 Å². The Balaban J connectivity index is 0.00000110. The molecule has 6 heterocycles. The van der Waals surface area contributed by atoms with Crippen LogP contribution in [0.3, 0.4) is 0 Å². The highest BCUT2D eigenvalue weighted by Gasteiger charge is 2.33. The molecule has 98 heavy (non-hydrogen) atoms. The molecule has 5 N–H and O–H groups in total. The van der Waals surface area contributed by atoms with Gasteiger partial charge in [0.15, 0.2) is 22.6 Å². The lowest BCUT2D eigenvalue weighted by Crippen LogP contribution is -2.28. The lowest BCUT2D eigenvalue weighted by atomic mass is 9.86. The largest absolute Gasteiger partial charge is 0.507 e. The normalized spacial score (nSPS) is 15.2. The highest BCUT2D eigenvalue weighted by Crippen LogP contribution is 2.33. The Kier molecular flexibility index (Phi) is 38.8. The number of carbonyl (C=O) groups excluding carboxylic acids is 2. The maximum atomic E-state index is 13.1. The zero-order chi connectivity index (χ0) is 74.6. The van der Waals surface area contributed by atoms with Gasteiger partial charge in [-0.1, -0.05) is 100 Å². The fourth-order valence-corrected chi connectivity index (χ4v) is 8.74. The number of aromatic nitrogens is 5. The zero-order valence-electron chi connectivity index (χ0n) is 62.6. The van der Waals surface area contributed by atoms with Gasteiger partial charge in [-0.15, -0.1) is 11.8 Å². The number of halogens is 2. The van der Waals surface area contributed by atoms with Crippen LogP contribution in [0.1, 0.15) is 208 Å². The molecule has 21 nitrogen and oxygen atoms in total. The minimum atomic E-state index is -0.468. The SMILES string of the molecule is C.C=C1N=C(COC(C)(C)C)NO1.C=C1N=C(COC(C)(C)C)NO1.C=C1N=C(COC(C)(C)C)NS1.CC(C)(C)CSc1ccccc1O.CC(C)(C)OCC1SC(=O)CC1=O.CC(C)(C)OCc1ncn[nH]1.Cc1c(F)cc(C(C)(C)C)cc1F.Cc1nccc(C(C)(C)C)n1. The van der Waals surface area contributed by atoms with Crippen LogP contribution in [0.2, 0.25) is 0 Å². The number of nitrogens with zero attached hydrogens (tertiary/aromatic N) is 7. The van der Waals surface area contributed by atoms with Crippen LogP contribution in [-0.2, 0) is 60.4 Å². The molecule has 1 unspecified atom stereocenters. The number of nitrogens with one attached hydrogen (secondary N) is 4. The van der Waals surface area contributed by atoms with Gasteiger partial charge in [0.1, 0.15) is 72.7 Å². The molecule has 0 saturated carbocycles. The third-order valence-corrected chi connectivity index (χ3v) is 14.9. The molecule has 4 aliphatic heterocycles. The lowest BCUT2D eigenvalue weighted by Gasteiger charge is -2.20. The number of ether oxygens (including phenoxy) is 5. The summed E-state index contributed by atoms with van der Waals surface area (Å²) < 4.78 is 56.6. The molecule has 26 heteroatoms. The summed E-state index contributed by atoms with van der Waals surface area (Å²) in [5.74, 6) is 5.00. The number of para-hydroxylation sites is 1. The molecule has 4 aliphatic rings. The van der Waals surface area contributed by atoms with E-state index in [1.54, 1.807) is 17.8 Å². The van der Waals surface area contributed by atoms with Crippen LogP contribution < -0.4 is 15.7 Å². The van der Waals surface area contributed by atoms with Crippen molar-refractivity contribution in [2.75, 3.05) is 32.2 Å². The minimum Gasteiger partial charge on any atom is -0.507 e. The average molecular weight is 1430 g/mol. The Morgan fingerprint density at radius 3 is 1.45 bits per heavy atom. The van der Waals surface area contributed by atoms with Gasteiger partial charge in [0.2, 0.25) is 11.8 Å². The van der Waals surface area contributed by atoms with Crippen molar-refractivity contribution in [1.82, 2.24) is 40.8 Å². The third-order valence-electron chi connectivity index (χ3n) is 11.5. The van der Waals surface area contributed by atoms with E-state index >= 15 is 0 Å². The first-order chi connectivity index (χ1) is 44.2. The number of hydroxylamine groups is 2. The Bertz CT molecular complexity index is 3080. The van der Waals surface area contributed by atoms with Gasteiger partial charge < -0.3 is 43.2 Å². The highest BCUT2D eigenvalue weighted by molar-refractivity contribution is 8.15. The second-order valence-corrected chi connectivity index (χ2v) is 33.6. The van der Waals surface area contributed by atoms with Crippen molar-refractivity contribution in [1.29, 1.82) is 0 Å². The van der Waals surface area contributed by atoms with E-state index in [-0.39, 0.29) is 74.4 Å². The molecule has 1 fully saturated rings. The summed E-state index contributed by atoms with van der Waals surface area (Å²) in [4.78, 5) is 57.0. The topological polar surface area (TPSA) is 259 Å². The number of phenols is 1. The fourth-order valence-electron chi connectivity index (χ4n) is 6.37. The predicted molar refractivity (Wildman–Crippen MR) is 399 cm³/mol. The number of phenolic OH excluding ortho intramolecular Hbond substituents is 1. The standard InChI is InChI=1S/C11H14F2.C11H16OS.C9H14N2.C9H14O3S.2C8H14N2O2.C8H14N2OS.C7H13N3O.CH4/c1-7-9(12)5-8(6-10(7)13)11(2,3)4;1-11(2,3)8-13-10-7-5-4-6-9(10)12;1-7-10-6-5-8(11-7)9(2,3)4;1-9(2,3)12-5-7-6(10)4-8(11)13-7;3*1-6-9-7(10-12-6)5-11-8(2,3)4;1-7(2,3)11-4-6-8-5-9-10-6;/h5-6H,1-4H3;4-7,12H,8H2,1-3H3;5-6H,1-4H3;7H,4-5H2,1-3H3;3*1,5H2,2-4H3,(H,9,10);5H,4H2,1-3H3,(H,8,9,10);1H4. The predicted octanol–water partition coefficient (Wildman–Crippen LogP) is 16.7. The monoisotopic (exact) mass is 1430 g/mol. The van der Waals surface area contributed by atoms with Gasteiger partial charge in [0.05, 0.1) is 46.3 Å². The first-order valence-electron chi connectivity index (χ1n) is 31.7. The van der Waals surface area contributed by atoms with Gasteiger partial charge >= 0.3 is 0 Å². The number of aromatic amines is 1. The smallest absolute Gasteiger partial charge is 0.240 e. The minimum absolute atomic E-state index is 0. The molecule has 0 aliphatic carbocycles. The molecule has 0 spiro atoms. The summed E-state index contributed by atoms with van der Waals surface area (Å²) in [6.07, 6.45) is 3.35. The molecular weight excluding hydrogens is 1310 g/mol. The molecule has 2 aromatic carbocycles. The van der Waals surface area contributed by atoms with Gasteiger partial charge in [-0.2, -0.15) is 15.1 Å². The number of amidine groups is 3. The molecular formula is C72H117F2N11O10S3. The van der Waals surface area contributed by atoms with Crippen molar-refractivity contribution in [3.8, 4) is 5.75 Å². The average Bonchev–Trinajstić information content (AvgIpc) is 1.15. The number of aromatic hydroxyl groups is 1. The number of hydrogen-bond acceptors (Lipinski definition) is 23. The third kappa shape index (κ3) is 45.4. The van der Waals surface area contributed by atoms with Crippen LogP contribution in [0.25, 0.3) is 0 Å². The molecule has 0 amide bonds. The van der Waals surface area contributed by atoms with E-state index in [9.17, 15) is 23.5 Å². The summed E-state index contributed by atoms with van der Waals surface area (Å²) in [5.41, 5.74) is 6.52. The zero-order valence-corrected chi connectivity index (χ0v) is 65.0. The molecule has 2 aromatic heterocycles. The number of thioether (sulfide) groups is 2. The van der Waals surface area contributed by atoms with Crippen LogP contribution >= 0.6 is 35.5 Å². The Hall–Kier alpha value is -6.26. The number of rotatable bonds is 12. The van der Waals surface area contributed by atoms with Gasteiger partial charge in [-0.25, -0.2) is 39.7 Å². The van der Waals surface area contributed by atoms with Crippen molar-refractivity contribution < 1.29 is 56.8 Å². The summed E-state index contributed by atoms with van der Waals surface area (Å²) in [6, 6.07) is 12.2. The van der Waals surface area contributed by atoms with Crippen LogP contribution in [0.4, 0.5) is 8.78 Å². The lowest BCUT2D eigenvalue weighted by molar-refractivity contribution is -0.122. The quantitative estimate of drug-likeness (QED) is 0.0502. The molecule has 0 bridgehead atoms. The Labute approximate surface area is 597 Å². The fraction of sp³-hybridized carbons (Fsp3) is 0.597. The number of H-pyrrole nitrogens is 1. The van der Waals surface area contributed by atoms with Crippen molar-refractivity contribution in [3.05, 3.63) is 132 Å². The number of carbonyl (C=O) groups is 2. The van der Waals surface area contributed by atoms with E-state index in [4.69, 9.17) is 33.4 Å². The number of ketones is 1. The summed E-state index contributed by atoms with van der Waals surface area (Å²) in [6.45, 7) is 64.9. The van der Waals surface area contributed by atoms with E-state index in [1.165, 1.54) is 37.3 Å². The Morgan fingerprint density at radius 1 is 0.633 bits per heavy atom. The van der Waals surface area contributed by atoms with Crippen LogP contribution in [-0.4, -0.2) is 124 Å². The van der Waals surface area contributed by atoms with Crippen LogP contribution in [0.15, 0.2) is 111 Å². The number of aliphatic imine (C=N–C) groups is 3. The molecule has 1 atom stereocenters. The van der Waals surface area contributed by atoms with Crippen molar-refractivity contribution in [2.45, 2.75) is 249 Å². The van der Waals surface area contributed by atoms with E-state index < -0.39 is 11.6 Å². The molecule has 4 aromatic rings. The van der Waals surface area contributed by atoms with E-state index in [1.807, 2.05) is 162 Å². The second kappa shape index (κ2) is 41.5. The van der Waals surface area contributed by atoms with Gasteiger partial charge in [-0.3, -0.25) is 14.7 Å². The van der Waals surface area contributed by atoms with Crippen molar-refractivity contribution in [2.24, 2.45) is 20.4 Å². The van der Waals surface area contributed by atoms with Gasteiger partial charge in [-0.05, 0) is 178 Å². The summed E-state index contributed by atoms with van der Waals surface area (Å²) >= 11 is 4.23. The number of benzene rings is 2. The van der Waals surface area contributed by atoms with Gasteiger partial charge in [0.25, 0.3) is 0 Å². The summed E-state index contributed by atoms with van der Waals surface area (Å²) in [7, 11) is 0. The van der Waals surface area contributed by atoms with Crippen molar-refractivity contribution >= 4 is 63.9 Å². The molecule has 0 radical (unpaired) electrons. The molecule has 1 saturated heterocycles. The second-order valence-electron chi connectivity index (χ2n) is 30.4. The van der Waals surface area contributed by atoms with E-state index in [2.05, 4.69) is 117 Å². The number of Topliss-reactive ketones (excluding diaryl/α,β-unsaturated/α-hetero) is 1. The maximum absolute atomic E-state index is 13.1.